The van der Waals surface area contributed by atoms with E-state index in [0.717, 1.165) is 5.71 Å². The zero-order valence-electron chi connectivity index (χ0n) is 14.5. The first-order chi connectivity index (χ1) is 12.8. The molecule has 0 radical (unpaired) electrons. The van der Waals surface area contributed by atoms with Gasteiger partial charge >= 0.3 is 0 Å². The van der Waals surface area contributed by atoms with Crippen molar-refractivity contribution in [3.05, 3.63) is 84.2 Å². The van der Waals surface area contributed by atoms with Crippen molar-refractivity contribution in [2.45, 2.75) is 26.4 Å². The van der Waals surface area contributed by atoms with Gasteiger partial charge in [-0.1, -0.05) is 25.1 Å². The minimum atomic E-state index is -0.268. The highest BCUT2D eigenvalue weighted by atomic mass is 19.1. The van der Waals surface area contributed by atoms with E-state index in [4.69, 9.17) is 0 Å². The Hall–Kier alpha value is -3.22. The average Bonchev–Trinajstić information content (AvgIpc) is 2.69. The third-order valence-corrected chi connectivity index (χ3v) is 3.67. The van der Waals surface area contributed by atoms with E-state index >= 15 is 0 Å². The molecule has 0 fully saturated rings. The third kappa shape index (κ3) is 4.66. The van der Waals surface area contributed by atoms with Gasteiger partial charge in [-0.15, -0.1) is 0 Å². The summed E-state index contributed by atoms with van der Waals surface area (Å²) in [6, 6.07) is 10.2. The Morgan fingerprint density at radius 3 is 2.23 bits per heavy atom. The number of rotatable bonds is 7. The number of halogens is 1. The maximum absolute atomic E-state index is 14.1. The molecular formula is C19H19FN6. The Balaban J connectivity index is 1.91. The lowest BCUT2D eigenvalue weighted by atomic mass is 10.2. The van der Waals surface area contributed by atoms with Gasteiger partial charge in [-0.25, -0.2) is 24.3 Å². The number of nitrogens with zero attached hydrogens (tertiary/aromatic N) is 6. The Bertz CT molecular complexity index is 854. The van der Waals surface area contributed by atoms with E-state index in [1.54, 1.807) is 60.1 Å². The van der Waals surface area contributed by atoms with Gasteiger partial charge in [0.05, 0.1) is 13.1 Å². The average molecular weight is 350 g/mol. The number of aromatic nitrogens is 4. The summed E-state index contributed by atoms with van der Waals surface area (Å²) in [5, 5.41) is 6.41. The fourth-order valence-electron chi connectivity index (χ4n) is 2.42. The van der Waals surface area contributed by atoms with Crippen molar-refractivity contribution in [3.8, 4) is 0 Å². The summed E-state index contributed by atoms with van der Waals surface area (Å²) in [6.07, 6.45) is 7.35. The van der Waals surface area contributed by atoms with Crippen molar-refractivity contribution >= 4 is 5.71 Å². The molecule has 0 saturated carbocycles. The van der Waals surface area contributed by atoms with Gasteiger partial charge < -0.3 is 0 Å². The van der Waals surface area contributed by atoms with E-state index in [2.05, 4.69) is 25.0 Å². The SMILES string of the molecule is CC/C(=N\N(Cc1ncccn1)Cc1ccccc1F)c1ncccn1. The molecule has 26 heavy (non-hydrogen) atoms. The van der Waals surface area contributed by atoms with Crippen LogP contribution in [0.25, 0.3) is 0 Å². The van der Waals surface area contributed by atoms with Crippen molar-refractivity contribution in [3.63, 3.8) is 0 Å². The van der Waals surface area contributed by atoms with E-state index < -0.39 is 0 Å². The highest BCUT2D eigenvalue weighted by Gasteiger charge is 2.12. The quantitative estimate of drug-likeness (QED) is 0.483. The van der Waals surface area contributed by atoms with Crippen LogP contribution in [0.5, 0.6) is 0 Å². The lowest BCUT2D eigenvalue weighted by Gasteiger charge is -2.20. The molecule has 0 aliphatic heterocycles. The minimum Gasteiger partial charge on any atom is -0.284 e. The Kier molecular flexibility index (Phi) is 5.92. The predicted molar refractivity (Wildman–Crippen MR) is 96.5 cm³/mol. The van der Waals surface area contributed by atoms with Gasteiger partial charge in [0.15, 0.2) is 5.82 Å². The van der Waals surface area contributed by atoms with Crippen LogP contribution < -0.4 is 0 Å². The summed E-state index contributed by atoms with van der Waals surface area (Å²) < 4.78 is 14.1. The second kappa shape index (κ2) is 8.75. The molecule has 2 heterocycles. The Morgan fingerprint density at radius 1 is 0.923 bits per heavy atom. The highest BCUT2D eigenvalue weighted by Crippen LogP contribution is 2.13. The van der Waals surface area contributed by atoms with Crippen LogP contribution >= 0.6 is 0 Å². The van der Waals surface area contributed by atoms with Crippen LogP contribution in [0.3, 0.4) is 0 Å². The van der Waals surface area contributed by atoms with Crippen molar-refractivity contribution in [1.82, 2.24) is 24.9 Å². The zero-order valence-corrected chi connectivity index (χ0v) is 14.5. The van der Waals surface area contributed by atoms with Gasteiger partial charge in [0, 0.05) is 30.4 Å². The molecule has 6 nitrogen and oxygen atoms in total. The van der Waals surface area contributed by atoms with Crippen LogP contribution in [0.2, 0.25) is 0 Å². The van der Waals surface area contributed by atoms with E-state index in [1.165, 1.54) is 6.07 Å². The van der Waals surface area contributed by atoms with Crippen molar-refractivity contribution < 1.29 is 4.39 Å². The molecule has 0 aliphatic rings. The monoisotopic (exact) mass is 350 g/mol. The molecular weight excluding hydrogens is 331 g/mol. The molecule has 3 aromatic rings. The molecule has 0 N–H and O–H groups in total. The normalized spacial score (nSPS) is 11.4. The summed E-state index contributed by atoms with van der Waals surface area (Å²) in [6.45, 7) is 2.63. The number of hydrazone groups is 1. The fourth-order valence-corrected chi connectivity index (χ4v) is 2.42. The molecule has 0 aliphatic carbocycles. The molecule has 132 valence electrons. The first-order valence-electron chi connectivity index (χ1n) is 8.35. The number of hydrogen-bond donors (Lipinski definition) is 0. The molecule has 0 bridgehead atoms. The van der Waals surface area contributed by atoms with E-state index in [1.807, 2.05) is 6.92 Å². The van der Waals surface area contributed by atoms with Crippen LogP contribution in [0.1, 0.15) is 30.6 Å². The second-order valence-electron chi connectivity index (χ2n) is 5.55. The smallest absolute Gasteiger partial charge is 0.175 e. The summed E-state index contributed by atoms with van der Waals surface area (Å²) in [4.78, 5) is 17.0. The van der Waals surface area contributed by atoms with Gasteiger partial charge in [-0.05, 0) is 24.6 Å². The van der Waals surface area contributed by atoms with Crippen LogP contribution in [-0.4, -0.2) is 30.7 Å². The van der Waals surface area contributed by atoms with Gasteiger partial charge in [-0.2, -0.15) is 5.10 Å². The molecule has 7 heteroatoms. The van der Waals surface area contributed by atoms with E-state index in [-0.39, 0.29) is 5.82 Å². The molecule has 0 atom stereocenters. The van der Waals surface area contributed by atoms with Crippen molar-refractivity contribution in [2.75, 3.05) is 0 Å². The molecule has 1 aromatic carbocycles. The minimum absolute atomic E-state index is 0.268. The van der Waals surface area contributed by atoms with E-state index in [9.17, 15) is 4.39 Å². The molecule has 0 spiro atoms. The summed E-state index contributed by atoms with van der Waals surface area (Å²) in [5.41, 5.74) is 1.27. The van der Waals surface area contributed by atoms with Gasteiger partial charge in [-0.3, -0.25) is 5.01 Å². The Morgan fingerprint density at radius 2 is 1.58 bits per heavy atom. The fraction of sp³-hybridized carbons (Fsp3) is 0.211. The van der Waals surface area contributed by atoms with Gasteiger partial charge in [0.1, 0.15) is 17.4 Å². The molecule has 3 rings (SSSR count). The third-order valence-electron chi connectivity index (χ3n) is 3.67. The standard InChI is InChI=1S/C19H19FN6/c1-2-17(19-23-11-6-12-24-19)25-26(14-18-21-9-5-10-22-18)13-15-7-3-4-8-16(15)20/h3-12H,2,13-14H2,1H3/b25-17+. The maximum atomic E-state index is 14.1. The molecule has 2 aromatic heterocycles. The van der Waals surface area contributed by atoms with Crippen LogP contribution in [0.15, 0.2) is 66.3 Å². The number of hydrogen-bond acceptors (Lipinski definition) is 6. The van der Waals surface area contributed by atoms with Crippen molar-refractivity contribution in [1.29, 1.82) is 0 Å². The van der Waals surface area contributed by atoms with Gasteiger partial charge in [0.2, 0.25) is 0 Å². The number of benzene rings is 1. The zero-order chi connectivity index (χ0) is 18.2. The lowest BCUT2D eigenvalue weighted by molar-refractivity contribution is 0.259. The van der Waals surface area contributed by atoms with Crippen LogP contribution in [0.4, 0.5) is 4.39 Å². The van der Waals surface area contributed by atoms with Crippen LogP contribution in [0, 0.1) is 5.82 Å². The Labute approximate surface area is 151 Å². The first-order valence-corrected chi connectivity index (χ1v) is 8.35. The largest absolute Gasteiger partial charge is 0.284 e. The molecule has 0 saturated heterocycles. The van der Waals surface area contributed by atoms with Gasteiger partial charge in [0.25, 0.3) is 0 Å². The van der Waals surface area contributed by atoms with Crippen molar-refractivity contribution in [2.24, 2.45) is 5.10 Å². The lowest BCUT2D eigenvalue weighted by Crippen LogP contribution is -2.22. The molecule has 0 unspecified atom stereocenters. The maximum Gasteiger partial charge on any atom is 0.175 e. The topological polar surface area (TPSA) is 67.2 Å². The van der Waals surface area contributed by atoms with E-state index in [0.29, 0.717) is 36.7 Å². The summed E-state index contributed by atoms with van der Waals surface area (Å²) in [5.74, 6) is 0.898. The molecule has 0 amide bonds. The second-order valence-corrected chi connectivity index (χ2v) is 5.55. The highest BCUT2D eigenvalue weighted by molar-refractivity contribution is 5.96. The predicted octanol–water partition coefficient (Wildman–Crippen LogP) is 3.22. The summed E-state index contributed by atoms with van der Waals surface area (Å²) in [7, 11) is 0. The van der Waals surface area contributed by atoms with Crippen LogP contribution in [-0.2, 0) is 13.1 Å². The summed E-state index contributed by atoms with van der Waals surface area (Å²) >= 11 is 0. The first kappa shape index (κ1) is 17.6.